The van der Waals surface area contributed by atoms with Crippen molar-refractivity contribution >= 4 is 11.6 Å². The number of rotatable bonds is 4. The second-order valence-corrected chi connectivity index (χ2v) is 5.12. The van der Waals surface area contributed by atoms with Gasteiger partial charge in [-0.15, -0.1) is 0 Å². The molecule has 2 aromatic carbocycles. The van der Waals surface area contributed by atoms with Crippen LogP contribution in [0.15, 0.2) is 42.5 Å². The quantitative estimate of drug-likeness (QED) is 0.748. The van der Waals surface area contributed by atoms with Crippen LogP contribution in [0.25, 0.3) is 0 Å². The minimum Gasteiger partial charge on any atom is -0.489 e. The molecular formula is C16H16ClFO. The molecule has 0 spiro atoms. The third kappa shape index (κ3) is 3.48. The van der Waals surface area contributed by atoms with Crippen molar-refractivity contribution in [1.82, 2.24) is 0 Å². The molecule has 0 aromatic heterocycles. The van der Waals surface area contributed by atoms with E-state index in [1.807, 2.05) is 24.3 Å². The van der Waals surface area contributed by atoms with E-state index in [4.69, 9.17) is 16.3 Å². The Labute approximate surface area is 118 Å². The Kier molecular flexibility index (Phi) is 4.43. The highest BCUT2D eigenvalue weighted by atomic mass is 35.5. The normalized spacial score (nSPS) is 10.8. The molecule has 2 rings (SSSR count). The Balaban J connectivity index is 2.17. The number of halogens is 2. The van der Waals surface area contributed by atoms with Crippen molar-refractivity contribution in [1.29, 1.82) is 0 Å². The smallest absolute Gasteiger partial charge is 0.123 e. The SMILES string of the molecule is CC(C)c1ccccc1OCc1cc(F)ccc1Cl. The summed E-state index contributed by atoms with van der Waals surface area (Å²) in [6.45, 7) is 4.48. The Hall–Kier alpha value is -1.54. The Morgan fingerprint density at radius 2 is 1.89 bits per heavy atom. The molecule has 1 nitrogen and oxygen atoms in total. The summed E-state index contributed by atoms with van der Waals surface area (Å²) in [5.74, 6) is 0.886. The average molecular weight is 279 g/mol. The molecule has 2 aromatic rings. The fourth-order valence-corrected chi connectivity index (χ4v) is 2.07. The van der Waals surface area contributed by atoms with Gasteiger partial charge in [-0.1, -0.05) is 43.6 Å². The predicted octanol–water partition coefficient (Wildman–Crippen LogP) is 5.18. The molecule has 0 saturated heterocycles. The van der Waals surface area contributed by atoms with Crippen LogP contribution in [0.4, 0.5) is 4.39 Å². The summed E-state index contributed by atoms with van der Waals surface area (Å²) in [6.07, 6.45) is 0. The summed E-state index contributed by atoms with van der Waals surface area (Å²) < 4.78 is 18.9. The van der Waals surface area contributed by atoms with Crippen LogP contribution in [-0.2, 0) is 6.61 Å². The minimum absolute atomic E-state index is 0.264. The lowest BCUT2D eigenvalue weighted by Crippen LogP contribution is -2.00. The summed E-state index contributed by atoms with van der Waals surface area (Å²) in [5.41, 5.74) is 1.79. The van der Waals surface area contributed by atoms with E-state index in [1.165, 1.54) is 12.1 Å². The average Bonchev–Trinajstić information content (AvgIpc) is 2.40. The Morgan fingerprint density at radius 3 is 2.63 bits per heavy atom. The highest BCUT2D eigenvalue weighted by molar-refractivity contribution is 6.31. The monoisotopic (exact) mass is 278 g/mol. The first-order chi connectivity index (χ1) is 9.08. The van der Waals surface area contributed by atoms with Crippen LogP contribution in [0.2, 0.25) is 5.02 Å². The number of hydrogen-bond acceptors (Lipinski definition) is 1. The van der Waals surface area contributed by atoms with Gasteiger partial charge in [0.05, 0.1) is 0 Å². The van der Waals surface area contributed by atoms with E-state index in [0.717, 1.165) is 11.3 Å². The molecule has 0 unspecified atom stereocenters. The lowest BCUT2D eigenvalue weighted by molar-refractivity contribution is 0.301. The van der Waals surface area contributed by atoms with Gasteiger partial charge in [0.25, 0.3) is 0 Å². The highest BCUT2D eigenvalue weighted by Gasteiger charge is 2.08. The molecule has 0 aliphatic heterocycles. The van der Waals surface area contributed by atoms with Crippen LogP contribution in [0.3, 0.4) is 0 Å². The largest absolute Gasteiger partial charge is 0.489 e. The molecular weight excluding hydrogens is 263 g/mol. The van der Waals surface area contributed by atoms with Crippen LogP contribution in [-0.4, -0.2) is 0 Å². The van der Waals surface area contributed by atoms with Crippen LogP contribution in [0.1, 0.15) is 30.9 Å². The summed E-state index contributed by atoms with van der Waals surface area (Å²) in [4.78, 5) is 0. The van der Waals surface area contributed by atoms with Crippen molar-refractivity contribution in [2.24, 2.45) is 0 Å². The molecule has 0 amide bonds. The van der Waals surface area contributed by atoms with E-state index in [2.05, 4.69) is 13.8 Å². The number of benzene rings is 2. The fourth-order valence-electron chi connectivity index (χ4n) is 1.90. The third-order valence-electron chi connectivity index (χ3n) is 2.93. The maximum absolute atomic E-state index is 13.2. The van der Waals surface area contributed by atoms with Crippen molar-refractivity contribution in [3.8, 4) is 5.75 Å². The topological polar surface area (TPSA) is 9.23 Å². The molecule has 0 N–H and O–H groups in total. The second-order valence-electron chi connectivity index (χ2n) is 4.72. The van der Waals surface area contributed by atoms with Gasteiger partial charge in [0.15, 0.2) is 0 Å². The standard InChI is InChI=1S/C16H16ClFO/c1-11(2)14-5-3-4-6-16(14)19-10-12-9-13(18)7-8-15(12)17/h3-9,11H,10H2,1-2H3. The Morgan fingerprint density at radius 1 is 1.16 bits per heavy atom. The molecule has 0 aliphatic rings. The first-order valence-electron chi connectivity index (χ1n) is 6.23. The second kappa shape index (κ2) is 6.07. The molecule has 0 bridgehead atoms. The third-order valence-corrected chi connectivity index (χ3v) is 3.30. The van der Waals surface area contributed by atoms with Crippen LogP contribution < -0.4 is 4.74 Å². The van der Waals surface area contributed by atoms with E-state index in [9.17, 15) is 4.39 Å². The summed E-state index contributed by atoms with van der Waals surface area (Å²) in [6, 6.07) is 12.2. The number of hydrogen-bond donors (Lipinski definition) is 0. The van der Waals surface area contributed by atoms with Gasteiger partial charge < -0.3 is 4.74 Å². The maximum atomic E-state index is 13.2. The van der Waals surface area contributed by atoms with Gasteiger partial charge in [-0.05, 0) is 35.7 Å². The highest BCUT2D eigenvalue weighted by Crippen LogP contribution is 2.27. The predicted molar refractivity (Wildman–Crippen MR) is 76.3 cm³/mol. The summed E-state index contributed by atoms with van der Waals surface area (Å²) >= 11 is 6.02. The minimum atomic E-state index is -0.305. The number of para-hydroxylation sites is 1. The zero-order valence-electron chi connectivity index (χ0n) is 11.0. The number of ether oxygens (including phenoxy) is 1. The summed E-state index contributed by atoms with van der Waals surface area (Å²) in [5, 5.41) is 0.517. The van der Waals surface area contributed by atoms with E-state index in [-0.39, 0.29) is 12.4 Å². The van der Waals surface area contributed by atoms with Gasteiger partial charge in [0.1, 0.15) is 18.2 Å². The maximum Gasteiger partial charge on any atom is 0.123 e. The Bertz CT molecular complexity index is 566. The van der Waals surface area contributed by atoms with Crippen molar-refractivity contribution in [3.05, 3.63) is 64.4 Å². The fraction of sp³-hybridized carbons (Fsp3) is 0.250. The first kappa shape index (κ1) is 13.9. The van der Waals surface area contributed by atoms with E-state index >= 15 is 0 Å². The van der Waals surface area contributed by atoms with Crippen LogP contribution >= 0.6 is 11.6 Å². The molecule has 0 aliphatic carbocycles. The van der Waals surface area contributed by atoms with E-state index in [0.29, 0.717) is 16.5 Å². The molecule has 0 fully saturated rings. The zero-order valence-corrected chi connectivity index (χ0v) is 11.7. The lowest BCUT2D eigenvalue weighted by atomic mass is 10.0. The molecule has 0 atom stereocenters. The van der Waals surface area contributed by atoms with E-state index in [1.54, 1.807) is 6.07 Å². The van der Waals surface area contributed by atoms with Gasteiger partial charge in [-0.25, -0.2) is 4.39 Å². The zero-order chi connectivity index (χ0) is 13.8. The molecule has 3 heteroatoms. The van der Waals surface area contributed by atoms with Gasteiger partial charge >= 0.3 is 0 Å². The van der Waals surface area contributed by atoms with Gasteiger partial charge in [0, 0.05) is 10.6 Å². The lowest BCUT2D eigenvalue weighted by Gasteiger charge is -2.14. The van der Waals surface area contributed by atoms with Crippen LogP contribution in [0.5, 0.6) is 5.75 Å². The molecule has 0 saturated carbocycles. The van der Waals surface area contributed by atoms with Gasteiger partial charge in [0.2, 0.25) is 0 Å². The van der Waals surface area contributed by atoms with Crippen LogP contribution in [0, 0.1) is 5.82 Å². The first-order valence-corrected chi connectivity index (χ1v) is 6.61. The summed E-state index contributed by atoms with van der Waals surface area (Å²) in [7, 11) is 0. The van der Waals surface area contributed by atoms with E-state index < -0.39 is 0 Å². The van der Waals surface area contributed by atoms with Crippen molar-refractivity contribution in [2.75, 3.05) is 0 Å². The van der Waals surface area contributed by atoms with Gasteiger partial charge in [-0.3, -0.25) is 0 Å². The molecule has 0 heterocycles. The molecule has 0 radical (unpaired) electrons. The molecule has 100 valence electrons. The molecule has 19 heavy (non-hydrogen) atoms. The van der Waals surface area contributed by atoms with Crippen molar-refractivity contribution in [3.63, 3.8) is 0 Å². The van der Waals surface area contributed by atoms with Crippen molar-refractivity contribution < 1.29 is 9.13 Å². The van der Waals surface area contributed by atoms with Crippen molar-refractivity contribution in [2.45, 2.75) is 26.4 Å². The van der Waals surface area contributed by atoms with Gasteiger partial charge in [-0.2, -0.15) is 0 Å².